The molecular formula is C16H21NO8. The van der Waals surface area contributed by atoms with Crippen LogP contribution < -0.4 is 0 Å². The number of carbonyl (C=O) groups excluding carboxylic acids is 1. The predicted molar refractivity (Wildman–Crippen MR) is 86.8 cm³/mol. The van der Waals surface area contributed by atoms with Gasteiger partial charge < -0.3 is 40.4 Å². The fourth-order valence-corrected chi connectivity index (χ4v) is 2.06. The van der Waals surface area contributed by atoms with E-state index in [0.29, 0.717) is 0 Å². The lowest BCUT2D eigenvalue weighted by atomic mass is 10.0. The molecule has 0 fully saturated rings. The van der Waals surface area contributed by atoms with Crippen LogP contribution in [0.1, 0.15) is 5.56 Å². The second-order valence-corrected chi connectivity index (χ2v) is 5.29. The largest absolute Gasteiger partial charge is 0.481 e. The van der Waals surface area contributed by atoms with Gasteiger partial charge in [0.05, 0.1) is 13.0 Å². The lowest BCUT2D eigenvalue weighted by Crippen LogP contribution is -2.46. The summed E-state index contributed by atoms with van der Waals surface area (Å²) in [5, 5.41) is 53.2. The molecule has 1 aromatic heterocycles. The molecule has 0 radical (unpaired) electrons. The van der Waals surface area contributed by atoms with Crippen molar-refractivity contribution in [2.24, 2.45) is 0 Å². The van der Waals surface area contributed by atoms with E-state index in [4.69, 9.17) is 30.6 Å². The molecule has 1 aromatic carbocycles. The van der Waals surface area contributed by atoms with Crippen molar-refractivity contribution in [3.05, 3.63) is 36.0 Å². The van der Waals surface area contributed by atoms with E-state index >= 15 is 0 Å². The van der Waals surface area contributed by atoms with Gasteiger partial charge in [0, 0.05) is 17.1 Å². The van der Waals surface area contributed by atoms with Crippen molar-refractivity contribution < 1.29 is 40.2 Å². The van der Waals surface area contributed by atoms with Crippen molar-refractivity contribution in [2.45, 2.75) is 30.8 Å². The molecule has 1 heterocycles. The molecule has 0 aliphatic heterocycles. The van der Waals surface area contributed by atoms with Crippen molar-refractivity contribution in [3.8, 4) is 0 Å². The number of para-hydroxylation sites is 1. The number of hydrogen-bond acceptors (Lipinski definition) is 7. The van der Waals surface area contributed by atoms with E-state index in [-0.39, 0.29) is 12.7 Å². The van der Waals surface area contributed by atoms with Gasteiger partial charge in [-0.1, -0.05) is 18.2 Å². The van der Waals surface area contributed by atoms with Gasteiger partial charge in [-0.2, -0.15) is 0 Å². The zero-order chi connectivity index (χ0) is 19.0. The fourth-order valence-electron chi connectivity index (χ4n) is 2.06. The standard InChI is InChI=1S/C10H9NO2.C6H12O6/c12-10(13)5-7-6-11-9-4-2-1-3-8(7)9;7-1-3(9)5(11)6(12)4(10)2-8/h1-4,6,11H,5H2,(H,12,13);1,3-6,8-12H,2H2/t;3-,4+,5+,6+/m.0/s1. The van der Waals surface area contributed by atoms with Crippen LogP contribution in [0.2, 0.25) is 0 Å². The SMILES string of the molecule is O=C(O)Cc1c[nH]c2ccccc12.O=C[C@H](O)[C@@H](O)[C@H](O)[C@H](O)CO. The summed E-state index contributed by atoms with van der Waals surface area (Å²) < 4.78 is 0. The third kappa shape index (κ3) is 5.93. The summed E-state index contributed by atoms with van der Waals surface area (Å²) in [6, 6.07) is 7.68. The highest BCUT2D eigenvalue weighted by molar-refractivity contribution is 5.86. The molecule has 0 spiro atoms. The Labute approximate surface area is 142 Å². The number of benzene rings is 1. The van der Waals surface area contributed by atoms with Gasteiger partial charge in [0.2, 0.25) is 0 Å². The molecule has 7 N–H and O–H groups in total. The molecule has 0 saturated heterocycles. The van der Waals surface area contributed by atoms with Crippen molar-refractivity contribution in [1.29, 1.82) is 0 Å². The number of aliphatic carboxylic acids is 1. The summed E-state index contributed by atoms with van der Waals surface area (Å²) in [4.78, 5) is 23.4. The van der Waals surface area contributed by atoms with Crippen LogP contribution in [0.25, 0.3) is 10.9 Å². The first-order chi connectivity index (χ1) is 11.8. The smallest absolute Gasteiger partial charge is 0.307 e. The quantitative estimate of drug-likeness (QED) is 0.291. The number of carboxylic acid groups (broad SMARTS) is 1. The second-order valence-electron chi connectivity index (χ2n) is 5.29. The number of aliphatic hydroxyl groups excluding tert-OH is 5. The van der Waals surface area contributed by atoms with Gasteiger partial charge in [-0.25, -0.2) is 0 Å². The molecule has 4 atom stereocenters. The van der Waals surface area contributed by atoms with Gasteiger partial charge in [-0.05, 0) is 11.6 Å². The first-order valence-corrected chi connectivity index (χ1v) is 7.37. The maximum atomic E-state index is 10.5. The zero-order valence-corrected chi connectivity index (χ0v) is 13.2. The second kappa shape index (κ2) is 9.87. The maximum Gasteiger partial charge on any atom is 0.307 e. The molecular weight excluding hydrogens is 334 g/mol. The summed E-state index contributed by atoms with van der Waals surface area (Å²) in [6.45, 7) is -0.760. The van der Waals surface area contributed by atoms with Crippen molar-refractivity contribution >= 4 is 23.2 Å². The highest BCUT2D eigenvalue weighted by Crippen LogP contribution is 2.17. The van der Waals surface area contributed by atoms with Gasteiger partial charge in [0.15, 0.2) is 6.29 Å². The summed E-state index contributed by atoms with van der Waals surface area (Å²) in [5.41, 5.74) is 1.82. The van der Waals surface area contributed by atoms with Crippen LogP contribution >= 0.6 is 0 Å². The molecule has 0 aliphatic rings. The van der Waals surface area contributed by atoms with Gasteiger partial charge in [0.1, 0.15) is 24.4 Å². The van der Waals surface area contributed by atoms with E-state index in [1.807, 2.05) is 24.3 Å². The van der Waals surface area contributed by atoms with Gasteiger partial charge in [-0.3, -0.25) is 4.79 Å². The summed E-state index contributed by atoms with van der Waals surface area (Å²) in [6.07, 6.45) is -5.02. The number of carboxylic acids is 1. The van der Waals surface area contributed by atoms with Crippen molar-refractivity contribution in [3.63, 3.8) is 0 Å². The molecule has 0 bridgehead atoms. The monoisotopic (exact) mass is 355 g/mol. The highest BCUT2D eigenvalue weighted by atomic mass is 16.4. The van der Waals surface area contributed by atoms with Crippen LogP contribution in [0.15, 0.2) is 30.5 Å². The van der Waals surface area contributed by atoms with Crippen molar-refractivity contribution in [2.75, 3.05) is 6.61 Å². The topological polar surface area (TPSA) is 171 Å². The Hall–Kier alpha value is -2.30. The molecule has 0 saturated carbocycles. The van der Waals surface area contributed by atoms with E-state index in [2.05, 4.69) is 4.98 Å². The minimum absolute atomic E-state index is 0.0258. The molecule has 2 aromatic rings. The van der Waals surface area contributed by atoms with E-state index < -0.39 is 37.0 Å². The molecule has 0 amide bonds. The van der Waals surface area contributed by atoms with Crippen LogP contribution in [-0.4, -0.2) is 78.9 Å². The first kappa shape index (κ1) is 20.7. The molecule has 25 heavy (non-hydrogen) atoms. The Morgan fingerprint density at radius 3 is 2.32 bits per heavy atom. The minimum Gasteiger partial charge on any atom is -0.481 e. The van der Waals surface area contributed by atoms with Crippen LogP contribution in [-0.2, 0) is 16.0 Å². The summed E-state index contributed by atoms with van der Waals surface area (Å²) >= 11 is 0. The lowest BCUT2D eigenvalue weighted by Gasteiger charge is -2.22. The van der Waals surface area contributed by atoms with Gasteiger partial charge >= 0.3 is 5.97 Å². The number of aromatic nitrogens is 1. The Bertz CT molecular complexity index is 686. The Balaban J connectivity index is 0.000000252. The van der Waals surface area contributed by atoms with E-state index in [1.54, 1.807) is 6.20 Å². The van der Waals surface area contributed by atoms with Crippen molar-refractivity contribution in [1.82, 2.24) is 4.98 Å². The average Bonchev–Trinajstić information content (AvgIpc) is 3.02. The number of fused-ring (bicyclic) bond motifs is 1. The number of rotatable bonds is 7. The van der Waals surface area contributed by atoms with E-state index in [0.717, 1.165) is 16.5 Å². The van der Waals surface area contributed by atoms with Crippen LogP contribution in [0.3, 0.4) is 0 Å². The average molecular weight is 355 g/mol. The van der Waals surface area contributed by atoms with Crippen LogP contribution in [0.4, 0.5) is 0 Å². The minimum atomic E-state index is -1.79. The first-order valence-electron chi connectivity index (χ1n) is 7.37. The Morgan fingerprint density at radius 1 is 1.12 bits per heavy atom. The van der Waals surface area contributed by atoms with E-state index in [9.17, 15) is 9.59 Å². The number of aliphatic hydroxyl groups is 5. The normalized spacial score (nSPS) is 15.6. The molecule has 0 unspecified atom stereocenters. The maximum absolute atomic E-state index is 10.5. The number of aldehydes is 1. The molecule has 2 rings (SSSR count). The number of H-pyrrole nitrogens is 1. The highest BCUT2D eigenvalue weighted by Gasteiger charge is 2.29. The molecule has 9 heteroatoms. The fraction of sp³-hybridized carbons (Fsp3) is 0.375. The lowest BCUT2D eigenvalue weighted by molar-refractivity contribution is -0.136. The van der Waals surface area contributed by atoms with Crippen LogP contribution in [0.5, 0.6) is 0 Å². The number of aromatic amines is 1. The third-order valence-electron chi connectivity index (χ3n) is 3.44. The molecule has 138 valence electrons. The van der Waals surface area contributed by atoms with Gasteiger partial charge in [0.25, 0.3) is 0 Å². The molecule has 9 nitrogen and oxygen atoms in total. The predicted octanol–water partition coefficient (Wildman–Crippen LogP) is -1.58. The number of nitrogens with one attached hydrogen (secondary N) is 1. The Kier molecular flexibility index (Phi) is 8.19. The zero-order valence-electron chi connectivity index (χ0n) is 13.2. The third-order valence-corrected chi connectivity index (χ3v) is 3.44. The summed E-state index contributed by atoms with van der Waals surface area (Å²) in [7, 11) is 0. The number of hydrogen-bond donors (Lipinski definition) is 7. The van der Waals surface area contributed by atoms with E-state index in [1.165, 1.54) is 0 Å². The Morgan fingerprint density at radius 2 is 1.76 bits per heavy atom. The van der Waals surface area contributed by atoms with Crippen LogP contribution in [0, 0.1) is 0 Å². The van der Waals surface area contributed by atoms with Gasteiger partial charge in [-0.15, -0.1) is 0 Å². The molecule has 0 aliphatic carbocycles. The number of carbonyl (C=O) groups is 2. The summed E-state index contributed by atoms with van der Waals surface area (Å²) in [5.74, 6) is -0.801.